The van der Waals surface area contributed by atoms with Gasteiger partial charge in [-0.3, -0.25) is 0 Å². The van der Waals surface area contributed by atoms with Crippen molar-refractivity contribution in [2.45, 2.75) is 10.8 Å². The molecule has 0 saturated carbocycles. The van der Waals surface area contributed by atoms with Crippen molar-refractivity contribution in [2.75, 3.05) is 6.26 Å². The standard InChI is InChI=1S/C6H5N5O3S3/c1-17(14)6-10-8-4(16-6)2-3-7-9-5(15-3)11(12)13/h2H2,1H3. The second-order valence-corrected chi connectivity index (χ2v) is 6.48. The Morgan fingerprint density at radius 2 is 1.88 bits per heavy atom. The predicted octanol–water partition coefficient (Wildman–Crippen LogP) is 0.626. The summed E-state index contributed by atoms with van der Waals surface area (Å²) in [5.74, 6) is 0. The average molecular weight is 291 g/mol. The van der Waals surface area contributed by atoms with Crippen LogP contribution < -0.4 is 0 Å². The number of nitro groups is 1. The lowest BCUT2D eigenvalue weighted by Crippen LogP contribution is -1.95. The number of rotatable bonds is 4. The fraction of sp³-hybridized carbons (Fsp3) is 0.333. The molecule has 0 fully saturated rings. The van der Waals surface area contributed by atoms with Gasteiger partial charge in [-0.2, -0.15) is 0 Å². The summed E-state index contributed by atoms with van der Waals surface area (Å²) in [4.78, 5) is 9.82. The van der Waals surface area contributed by atoms with Gasteiger partial charge in [0.05, 0.1) is 11.5 Å². The second-order valence-electron chi connectivity index (χ2n) is 2.83. The zero-order chi connectivity index (χ0) is 12.4. The van der Waals surface area contributed by atoms with Crippen LogP contribution in [-0.2, 0) is 17.6 Å². The third-order valence-corrected chi connectivity index (χ3v) is 4.73. The molecular weight excluding hydrogens is 286 g/mol. The van der Waals surface area contributed by atoms with Gasteiger partial charge in [-0.25, -0.2) is 0 Å². The molecule has 0 spiro atoms. The first-order valence-corrected chi connectivity index (χ1v) is 7.38. The summed E-state index contributed by atoms with van der Waals surface area (Å²) in [6, 6.07) is 0. The molecule has 2 aromatic heterocycles. The summed E-state index contributed by atoms with van der Waals surface area (Å²) in [6.45, 7) is 0. The minimum absolute atomic E-state index is 0.246. The third kappa shape index (κ3) is 2.94. The molecule has 0 bridgehead atoms. The maximum atomic E-state index is 11.1. The minimum Gasteiger partial charge on any atom is -0.610 e. The Bertz CT molecular complexity index is 538. The summed E-state index contributed by atoms with van der Waals surface area (Å²) in [5.41, 5.74) is 0. The van der Waals surface area contributed by atoms with Crippen molar-refractivity contribution in [1.82, 2.24) is 20.4 Å². The van der Waals surface area contributed by atoms with E-state index >= 15 is 0 Å². The molecule has 11 heteroatoms. The highest BCUT2D eigenvalue weighted by Gasteiger charge is 2.18. The van der Waals surface area contributed by atoms with Crippen molar-refractivity contribution in [3.8, 4) is 0 Å². The summed E-state index contributed by atoms with van der Waals surface area (Å²) in [5, 5.41) is 25.9. The van der Waals surface area contributed by atoms with E-state index in [1.165, 1.54) is 17.6 Å². The van der Waals surface area contributed by atoms with E-state index in [1.54, 1.807) is 0 Å². The SMILES string of the molecule is C[S+]([O-])c1nnc(Cc2nnc([N+](=O)[O-])s2)s1. The van der Waals surface area contributed by atoms with Crippen molar-refractivity contribution >= 4 is 39.0 Å². The minimum atomic E-state index is -1.16. The van der Waals surface area contributed by atoms with Crippen LogP contribution in [0.5, 0.6) is 0 Å². The summed E-state index contributed by atoms with van der Waals surface area (Å²) >= 11 is 0.931. The largest absolute Gasteiger partial charge is 0.610 e. The van der Waals surface area contributed by atoms with Crippen LogP contribution in [0.1, 0.15) is 10.0 Å². The van der Waals surface area contributed by atoms with Crippen LogP contribution in [-0.4, -0.2) is 36.1 Å². The first kappa shape index (κ1) is 12.3. The van der Waals surface area contributed by atoms with E-state index in [1.807, 2.05) is 0 Å². The smallest absolute Gasteiger partial charge is 0.450 e. The van der Waals surface area contributed by atoms with Gasteiger partial charge in [-0.15, -0.1) is 5.10 Å². The molecule has 90 valence electrons. The molecule has 0 N–H and O–H groups in total. The van der Waals surface area contributed by atoms with Gasteiger partial charge < -0.3 is 14.7 Å². The molecule has 8 nitrogen and oxygen atoms in total. The Balaban J connectivity index is 2.11. The maximum absolute atomic E-state index is 11.1. The number of hydrogen-bond donors (Lipinski definition) is 0. The fourth-order valence-electron chi connectivity index (χ4n) is 0.945. The van der Waals surface area contributed by atoms with Crippen LogP contribution in [0.25, 0.3) is 0 Å². The molecule has 0 aromatic carbocycles. The van der Waals surface area contributed by atoms with Gasteiger partial charge in [-0.05, 0) is 32.7 Å². The van der Waals surface area contributed by atoms with Crippen LogP contribution in [0.3, 0.4) is 0 Å². The Morgan fingerprint density at radius 3 is 2.41 bits per heavy atom. The molecule has 0 saturated heterocycles. The number of aromatic nitrogens is 4. The Hall–Kier alpha value is -1.17. The zero-order valence-corrected chi connectivity index (χ0v) is 10.8. The summed E-state index contributed by atoms with van der Waals surface area (Å²) in [6.07, 6.45) is 1.83. The van der Waals surface area contributed by atoms with Crippen molar-refractivity contribution in [3.05, 3.63) is 20.1 Å². The van der Waals surface area contributed by atoms with Crippen LogP contribution in [0.4, 0.5) is 5.13 Å². The molecule has 0 aliphatic heterocycles. The summed E-state index contributed by atoms with van der Waals surface area (Å²) in [7, 11) is 0. The molecular formula is C6H5N5O3S3. The van der Waals surface area contributed by atoms with E-state index < -0.39 is 16.1 Å². The Morgan fingerprint density at radius 1 is 1.24 bits per heavy atom. The van der Waals surface area contributed by atoms with Gasteiger partial charge in [0.15, 0.2) is 5.01 Å². The quantitative estimate of drug-likeness (QED) is 0.460. The first-order chi connectivity index (χ1) is 8.06. The van der Waals surface area contributed by atoms with E-state index in [4.69, 9.17) is 0 Å². The van der Waals surface area contributed by atoms with E-state index in [0.29, 0.717) is 20.8 Å². The normalized spacial score (nSPS) is 12.6. The lowest BCUT2D eigenvalue weighted by molar-refractivity contribution is -0.385. The monoisotopic (exact) mass is 291 g/mol. The maximum Gasteiger partial charge on any atom is 0.450 e. The molecule has 1 atom stereocenters. The van der Waals surface area contributed by atoms with Gasteiger partial charge in [0.1, 0.15) is 11.3 Å². The lowest BCUT2D eigenvalue weighted by Gasteiger charge is -1.94. The average Bonchev–Trinajstić information content (AvgIpc) is 2.87. The first-order valence-electron chi connectivity index (χ1n) is 4.19. The number of nitrogens with zero attached hydrogens (tertiary/aromatic N) is 5. The van der Waals surface area contributed by atoms with Gasteiger partial charge in [0, 0.05) is 11.2 Å². The van der Waals surface area contributed by atoms with Crippen molar-refractivity contribution in [2.24, 2.45) is 0 Å². The van der Waals surface area contributed by atoms with Crippen LogP contribution in [0.2, 0.25) is 0 Å². The molecule has 0 radical (unpaired) electrons. The Labute approximate surface area is 106 Å². The highest BCUT2D eigenvalue weighted by Crippen LogP contribution is 2.22. The molecule has 0 aliphatic rings. The van der Waals surface area contributed by atoms with E-state index in [-0.39, 0.29) is 5.13 Å². The van der Waals surface area contributed by atoms with Gasteiger partial charge in [-0.1, -0.05) is 5.10 Å². The van der Waals surface area contributed by atoms with Crippen molar-refractivity contribution < 1.29 is 9.48 Å². The van der Waals surface area contributed by atoms with E-state index in [2.05, 4.69) is 20.4 Å². The molecule has 0 amide bonds. The van der Waals surface area contributed by atoms with Gasteiger partial charge in [0.2, 0.25) is 0 Å². The molecule has 2 aromatic rings. The van der Waals surface area contributed by atoms with Crippen LogP contribution in [0.15, 0.2) is 4.34 Å². The molecule has 2 rings (SSSR count). The van der Waals surface area contributed by atoms with E-state index in [9.17, 15) is 14.7 Å². The second kappa shape index (κ2) is 5.00. The van der Waals surface area contributed by atoms with Crippen molar-refractivity contribution in [1.29, 1.82) is 0 Å². The highest BCUT2D eigenvalue weighted by atomic mass is 32.2. The number of hydrogen-bond acceptors (Lipinski definition) is 9. The summed E-state index contributed by atoms with van der Waals surface area (Å²) < 4.78 is 11.5. The lowest BCUT2D eigenvalue weighted by atomic mass is 10.5. The van der Waals surface area contributed by atoms with Gasteiger partial charge in [0.25, 0.3) is 0 Å². The Kier molecular flexibility index (Phi) is 3.61. The van der Waals surface area contributed by atoms with Crippen LogP contribution in [0, 0.1) is 10.1 Å². The highest BCUT2D eigenvalue weighted by molar-refractivity contribution is 7.92. The molecule has 1 unspecified atom stereocenters. The molecule has 0 aliphatic carbocycles. The molecule has 2 heterocycles. The zero-order valence-electron chi connectivity index (χ0n) is 8.39. The molecule has 17 heavy (non-hydrogen) atoms. The third-order valence-electron chi connectivity index (χ3n) is 1.61. The van der Waals surface area contributed by atoms with E-state index in [0.717, 1.165) is 11.3 Å². The van der Waals surface area contributed by atoms with Crippen LogP contribution >= 0.6 is 22.7 Å². The van der Waals surface area contributed by atoms with Gasteiger partial charge >= 0.3 is 9.47 Å². The fourth-order valence-corrected chi connectivity index (χ4v) is 3.18. The topological polar surface area (TPSA) is 118 Å². The van der Waals surface area contributed by atoms with Crippen molar-refractivity contribution in [3.63, 3.8) is 0 Å². The predicted molar refractivity (Wildman–Crippen MR) is 61.6 cm³/mol.